The first-order valence-electron chi connectivity index (χ1n) is 5.66. The van der Waals surface area contributed by atoms with Crippen molar-refractivity contribution in [3.05, 3.63) is 0 Å². The number of hydrogen-bond acceptors (Lipinski definition) is 2. The summed E-state index contributed by atoms with van der Waals surface area (Å²) >= 11 is 0. The highest BCUT2D eigenvalue weighted by molar-refractivity contribution is 4.80. The maximum absolute atomic E-state index is 9.66. The molecule has 2 aliphatic rings. The molecule has 3 atom stereocenters. The van der Waals surface area contributed by atoms with Gasteiger partial charge in [-0.25, -0.2) is 0 Å². The summed E-state index contributed by atoms with van der Waals surface area (Å²) in [4.78, 5) is 0. The number of ether oxygens (including phenoxy) is 1. The number of aliphatic hydroxyl groups excluding tert-OH is 1. The molecule has 0 amide bonds. The predicted molar refractivity (Wildman–Crippen MR) is 51.6 cm³/mol. The van der Waals surface area contributed by atoms with Crippen LogP contribution in [0.4, 0.5) is 0 Å². The zero-order valence-electron chi connectivity index (χ0n) is 8.24. The van der Waals surface area contributed by atoms with E-state index >= 15 is 0 Å². The van der Waals surface area contributed by atoms with Gasteiger partial charge in [-0.3, -0.25) is 0 Å². The maximum Gasteiger partial charge on any atom is 0.0578 e. The van der Waals surface area contributed by atoms with Gasteiger partial charge in [0, 0.05) is 6.61 Å². The van der Waals surface area contributed by atoms with Crippen molar-refractivity contribution in [2.45, 2.75) is 57.2 Å². The highest BCUT2D eigenvalue weighted by Crippen LogP contribution is 2.31. The maximum atomic E-state index is 9.66. The molecule has 1 saturated heterocycles. The molecule has 2 heteroatoms. The van der Waals surface area contributed by atoms with E-state index in [1.807, 2.05) is 0 Å². The van der Waals surface area contributed by atoms with Crippen LogP contribution in [0.2, 0.25) is 0 Å². The van der Waals surface area contributed by atoms with Crippen molar-refractivity contribution >= 4 is 0 Å². The molecule has 1 N–H and O–H groups in total. The summed E-state index contributed by atoms with van der Waals surface area (Å²) in [5, 5.41) is 9.66. The molecule has 0 aromatic rings. The average Bonchev–Trinajstić information content (AvgIpc) is 2.54. The highest BCUT2D eigenvalue weighted by atomic mass is 16.5. The van der Waals surface area contributed by atoms with Crippen LogP contribution in [0.3, 0.4) is 0 Å². The van der Waals surface area contributed by atoms with Crippen molar-refractivity contribution in [2.75, 3.05) is 6.61 Å². The topological polar surface area (TPSA) is 29.5 Å². The van der Waals surface area contributed by atoms with Gasteiger partial charge in [0.1, 0.15) is 0 Å². The predicted octanol–water partition coefficient (Wildman–Crippen LogP) is 2.11. The molecule has 1 saturated carbocycles. The van der Waals surface area contributed by atoms with Crippen molar-refractivity contribution in [2.24, 2.45) is 5.92 Å². The van der Waals surface area contributed by atoms with Gasteiger partial charge in [-0.05, 0) is 44.4 Å². The molecule has 76 valence electrons. The second-order valence-electron chi connectivity index (χ2n) is 4.48. The Hall–Kier alpha value is -0.0800. The number of rotatable bonds is 2. The molecule has 13 heavy (non-hydrogen) atoms. The van der Waals surface area contributed by atoms with Gasteiger partial charge in [-0.2, -0.15) is 0 Å². The van der Waals surface area contributed by atoms with Crippen molar-refractivity contribution in [1.29, 1.82) is 0 Å². The molecule has 0 spiro atoms. The minimum atomic E-state index is -0.0365. The van der Waals surface area contributed by atoms with Gasteiger partial charge < -0.3 is 9.84 Å². The molecule has 1 heterocycles. The van der Waals surface area contributed by atoms with Crippen LogP contribution >= 0.6 is 0 Å². The average molecular weight is 184 g/mol. The van der Waals surface area contributed by atoms with Gasteiger partial charge in [0.25, 0.3) is 0 Å². The highest BCUT2D eigenvalue weighted by Gasteiger charge is 2.28. The molecule has 0 bridgehead atoms. The van der Waals surface area contributed by atoms with Crippen LogP contribution in [0, 0.1) is 5.92 Å². The van der Waals surface area contributed by atoms with E-state index in [1.54, 1.807) is 0 Å². The standard InChI is InChI=1S/C11H20O2/c12-11-6-3-4-9(11)8-10-5-1-2-7-13-10/h9-12H,1-8H2. The molecule has 1 aliphatic heterocycles. The van der Waals surface area contributed by atoms with E-state index in [1.165, 1.54) is 32.1 Å². The third-order valence-electron chi connectivity index (χ3n) is 3.46. The lowest BCUT2D eigenvalue weighted by Gasteiger charge is -2.26. The van der Waals surface area contributed by atoms with Crippen molar-refractivity contribution in [3.63, 3.8) is 0 Å². The number of aliphatic hydroxyl groups is 1. The molecule has 3 unspecified atom stereocenters. The van der Waals surface area contributed by atoms with Crippen molar-refractivity contribution in [3.8, 4) is 0 Å². The summed E-state index contributed by atoms with van der Waals surface area (Å²) < 4.78 is 5.68. The van der Waals surface area contributed by atoms with Gasteiger partial charge >= 0.3 is 0 Å². The van der Waals surface area contributed by atoms with Crippen LogP contribution in [0.15, 0.2) is 0 Å². The van der Waals surface area contributed by atoms with Gasteiger partial charge in [0.2, 0.25) is 0 Å². The first kappa shape index (κ1) is 9.47. The fraction of sp³-hybridized carbons (Fsp3) is 1.00. The van der Waals surface area contributed by atoms with Crippen LogP contribution < -0.4 is 0 Å². The molecular weight excluding hydrogens is 164 g/mol. The van der Waals surface area contributed by atoms with E-state index in [-0.39, 0.29) is 6.10 Å². The van der Waals surface area contributed by atoms with Crippen LogP contribution in [-0.4, -0.2) is 23.9 Å². The second-order valence-corrected chi connectivity index (χ2v) is 4.48. The SMILES string of the molecule is OC1CCCC1CC1CCCCO1. The third kappa shape index (κ3) is 2.44. The minimum Gasteiger partial charge on any atom is -0.393 e. The molecule has 0 aromatic heterocycles. The summed E-state index contributed by atoms with van der Waals surface area (Å²) in [6, 6.07) is 0. The summed E-state index contributed by atoms with van der Waals surface area (Å²) in [5.74, 6) is 0.531. The Morgan fingerprint density at radius 1 is 1.08 bits per heavy atom. The normalized spacial score (nSPS) is 40.8. The second kappa shape index (κ2) is 4.43. The van der Waals surface area contributed by atoms with E-state index in [0.29, 0.717) is 12.0 Å². The van der Waals surface area contributed by atoms with Gasteiger partial charge in [0.15, 0.2) is 0 Å². The van der Waals surface area contributed by atoms with Crippen LogP contribution in [-0.2, 0) is 4.74 Å². The number of hydrogen-bond donors (Lipinski definition) is 1. The molecule has 0 aromatic carbocycles. The Labute approximate surface area is 80.3 Å². The smallest absolute Gasteiger partial charge is 0.0578 e. The van der Waals surface area contributed by atoms with E-state index in [0.717, 1.165) is 19.4 Å². The lowest BCUT2D eigenvalue weighted by Crippen LogP contribution is -2.25. The van der Waals surface area contributed by atoms with Crippen LogP contribution in [0.25, 0.3) is 0 Å². The molecule has 2 rings (SSSR count). The first-order valence-corrected chi connectivity index (χ1v) is 5.66. The summed E-state index contributed by atoms with van der Waals surface area (Å²) in [7, 11) is 0. The molecule has 1 aliphatic carbocycles. The largest absolute Gasteiger partial charge is 0.393 e. The Bertz CT molecular complexity index is 152. The lowest BCUT2D eigenvalue weighted by molar-refractivity contribution is -0.0106. The lowest BCUT2D eigenvalue weighted by atomic mass is 9.94. The van der Waals surface area contributed by atoms with E-state index < -0.39 is 0 Å². The summed E-state index contributed by atoms with van der Waals surface area (Å²) in [6.07, 6.45) is 8.69. The van der Waals surface area contributed by atoms with E-state index in [2.05, 4.69) is 0 Å². The van der Waals surface area contributed by atoms with Gasteiger partial charge in [-0.15, -0.1) is 0 Å². The van der Waals surface area contributed by atoms with E-state index in [4.69, 9.17) is 4.74 Å². The third-order valence-corrected chi connectivity index (χ3v) is 3.46. The summed E-state index contributed by atoms with van der Waals surface area (Å²) in [5.41, 5.74) is 0. The van der Waals surface area contributed by atoms with E-state index in [9.17, 15) is 5.11 Å². The Kier molecular flexibility index (Phi) is 3.23. The molecule has 0 radical (unpaired) electrons. The zero-order chi connectivity index (χ0) is 9.10. The van der Waals surface area contributed by atoms with Crippen molar-refractivity contribution in [1.82, 2.24) is 0 Å². The zero-order valence-corrected chi connectivity index (χ0v) is 8.24. The van der Waals surface area contributed by atoms with Crippen LogP contribution in [0.1, 0.15) is 44.9 Å². The fourth-order valence-electron chi connectivity index (χ4n) is 2.62. The monoisotopic (exact) mass is 184 g/mol. The summed E-state index contributed by atoms with van der Waals surface area (Å²) in [6.45, 7) is 0.938. The molecular formula is C11H20O2. The Morgan fingerprint density at radius 3 is 2.62 bits per heavy atom. The fourth-order valence-corrected chi connectivity index (χ4v) is 2.62. The van der Waals surface area contributed by atoms with Gasteiger partial charge in [-0.1, -0.05) is 6.42 Å². The Balaban J connectivity index is 1.75. The van der Waals surface area contributed by atoms with Gasteiger partial charge in [0.05, 0.1) is 12.2 Å². The molecule has 2 nitrogen and oxygen atoms in total. The minimum absolute atomic E-state index is 0.0365. The first-order chi connectivity index (χ1) is 6.36. The van der Waals surface area contributed by atoms with Crippen LogP contribution in [0.5, 0.6) is 0 Å². The molecule has 2 fully saturated rings. The van der Waals surface area contributed by atoms with Crippen molar-refractivity contribution < 1.29 is 9.84 Å². The quantitative estimate of drug-likeness (QED) is 0.712. The Morgan fingerprint density at radius 2 is 2.00 bits per heavy atom.